The number of hydrogen-bond donors (Lipinski definition) is 1. The molecule has 0 aliphatic heterocycles. The van der Waals surface area contributed by atoms with Gasteiger partial charge >= 0.3 is 5.97 Å². The fourth-order valence-corrected chi connectivity index (χ4v) is 2.62. The Balaban J connectivity index is 1.63. The summed E-state index contributed by atoms with van der Waals surface area (Å²) < 4.78 is 37.7. The van der Waals surface area contributed by atoms with Crippen LogP contribution < -0.4 is 5.32 Å². The molecule has 0 aliphatic carbocycles. The Morgan fingerprint density at radius 3 is 2.59 bits per heavy atom. The van der Waals surface area contributed by atoms with E-state index in [9.17, 15) is 18.4 Å². The molecule has 3 rings (SSSR count). The zero-order valence-electron chi connectivity index (χ0n) is 14.7. The second kappa shape index (κ2) is 7.57. The summed E-state index contributed by atoms with van der Waals surface area (Å²) in [7, 11) is 0. The first-order valence-corrected chi connectivity index (χ1v) is 8.26. The van der Waals surface area contributed by atoms with Gasteiger partial charge in [-0.05, 0) is 37.6 Å². The van der Waals surface area contributed by atoms with Gasteiger partial charge < -0.3 is 14.5 Å². The predicted molar refractivity (Wildman–Crippen MR) is 95.2 cm³/mol. The minimum atomic E-state index is -1.23. The van der Waals surface area contributed by atoms with Crippen LogP contribution in [-0.2, 0) is 20.7 Å². The van der Waals surface area contributed by atoms with Crippen LogP contribution in [-0.4, -0.2) is 18.0 Å². The molecule has 0 fully saturated rings. The van der Waals surface area contributed by atoms with Crippen molar-refractivity contribution in [2.45, 2.75) is 26.4 Å². The van der Waals surface area contributed by atoms with Crippen LogP contribution in [0.4, 0.5) is 14.5 Å². The fourth-order valence-electron chi connectivity index (χ4n) is 2.62. The van der Waals surface area contributed by atoms with Gasteiger partial charge in [0.05, 0.1) is 12.7 Å². The van der Waals surface area contributed by atoms with Crippen molar-refractivity contribution < 1.29 is 27.5 Å². The molecule has 0 radical (unpaired) electrons. The molecule has 140 valence electrons. The van der Waals surface area contributed by atoms with E-state index in [4.69, 9.17) is 9.15 Å². The average Bonchev–Trinajstić information content (AvgIpc) is 2.99. The van der Waals surface area contributed by atoms with Crippen LogP contribution in [0.15, 0.2) is 47.1 Å². The largest absolute Gasteiger partial charge is 0.464 e. The number of amides is 1. The number of hydrogen-bond acceptors (Lipinski definition) is 4. The molecule has 2 aromatic carbocycles. The first-order valence-electron chi connectivity index (χ1n) is 8.26. The molecule has 1 N–H and O–H groups in total. The molecule has 0 saturated heterocycles. The van der Waals surface area contributed by atoms with E-state index in [2.05, 4.69) is 5.32 Å². The molecule has 5 nitrogen and oxygen atoms in total. The van der Waals surface area contributed by atoms with E-state index < -0.39 is 35.3 Å². The Bertz CT molecular complexity index is 992. The number of benzene rings is 2. The molecule has 1 aromatic heterocycles. The highest BCUT2D eigenvalue weighted by Gasteiger charge is 2.21. The number of ether oxygens (including phenoxy) is 1. The van der Waals surface area contributed by atoms with E-state index in [1.54, 1.807) is 0 Å². The van der Waals surface area contributed by atoms with E-state index in [-0.39, 0.29) is 6.42 Å². The van der Waals surface area contributed by atoms with Crippen molar-refractivity contribution in [3.8, 4) is 0 Å². The Morgan fingerprint density at radius 1 is 1.19 bits per heavy atom. The van der Waals surface area contributed by atoms with Gasteiger partial charge in [0, 0.05) is 10.9 Å². The van der Waals surface area contributed by atoms with E-state index in [0.717, 1.165) is 23.1 Å². The standard InChI is InChI=1S/C20H17F2NO4/c1-11-6-7-14-13(10-26-17(14)8-11)9-18(24)27-12(2)20(25)23-19-15(21)4-3-5-16(19)22/h3-8,10,12H,9H2,1-2H3,(H,23,25)/t12-/m0/s1. The highest BCUT2D eigenvalue weighted by atomic mass is 19.1. The first-order chi connectivity index (χ1) is 12.8. The number of carbonyl (C=O) groups excluding carboxylic acids is 2. The van der Waals surface area contributed by atoms with Crippen molar-refractivity contribution in [2.75, 3.05) is 5.32 Å². The Morgan fingerprint density at radius 2 is 1.89 bits per heavy atom. The van der Waals surface area contributed by atoms with Crippen molar-refractivity contribution >= 4 is 28.5 Å². The van der Waals surface area contributed by atoms with Crippen LogP contribution in [0.5, 0.6) is 0 Å². The molecular formula is C20H17F2NO4. The smallest absolute Gasteiger partial charge is 0.311 e. The van der Waals surface area contributed by atoms with Crippen molar-refractivity contribution in [1.82, 2.24) is 0 Å². The van der Waals surface area contributed by atoms with Crippen LogP contribution >= 0.6 is 0 Å². The van der Waals surface area contributed by atoms with Crippen molar-refractivity contribution in [1.29, 1.82) is 0 Å². The van der Waals surface area contributed by atoms with E-state index >= 15 is 0 Å². The van der Waals surface area contributed by atoms with Crippen LogP contribution in [0.1, 0.15) is 18.1 Å². The molecular weight excluding hydrogens is 356 g/mol. The number of furan rings is 1. The first kappa shape index (κ1) is 18.6. The number of nitrogens with one attached hydrogen (secondary N) is 1. The summed E-state index contributed by atoms with van der Waals surface area (Å²) >= 11 is 0. The Kier molecular flexibility index (Phi) is 5.21. The maximum absolute atomic E-state index is 13.6. The molecule has 1 atom stereocenters. The molecule has 0 bridgehead atoms. The number of rotatable bonds is 5. The van der Waals surface area contributed by atoms with Gasteiger partial charge in [0.25, 0.3) is 5.91 Å². The highest BCUT2D eigenvalue weighted by molar-refractivity contribution is 5.95. The summed E-state index contributed by atoms with van der Waals surface area (Å²) in [6, 6.07) is 8.80. The highest BCUT2D eigenvalue weighted by Crippen LogP contribution is 2.23. The summed E-state index contributed by atoms with van der Waals surface area (Å²) in [5.74, 6) is -3.32. The quantitative estimate of drug-likeness (QED) is 0.683. The van der Waals surface area contributed by atoms with Gasteiger partial charge in [-0.25, -0.2) is 8.78 Å². The maximum Gasteiger partial charge on any atom is 0.311 e. The van der Waals surface area contributed by atoms with Gasteiger partial charge in [0.15, 0.2) is 6.10 Å². The SMILES string of the molecule is Cc1ccc2c(CC(=O)O[C@@H](C)C(=O)Nc3c(F)cccc3F)coc2c1. The number of fused-ring (bicyclic) bond motifs is 1. The molecule has 3 aromatic rings. The number of carbonyl (C=O) groups is 2. The van der Waals surface area contributed by atoms with Crippen LogP contribution in [0.25, 0.3) is 11.0 Å². The molecule has 0 aliphatic rings. The van der Waals surface area contributed by atoms with Crippen molar-refractivity contribution in [3.05, 3.63) is 65.4 Å². The van der Waals surface area contributed by atoms with Gasteiger partial charge in [0.1, 0.15) is 22.9 Å². The molecule has 1 heterocycles. The third kappa shape index (κ3) is 4.13. The summed E-state index contributed by atoms with van der Waals surface area (Å²) in [4.78, 5) is 24.2. The molecule has 27 heavy (non-hydrogen) atoms. The minimum Gasteiger partial charge on any atom is -0.464 e. The van der Waals surface area contributed by atoms with Crippen LogP contribution in [0.2, 0.25) is 0 Å². The second-order valence-corrected chi connectivity index (χ2v) is 6.16. The maximum atomic E-state index is 13.6. The van der Waals surface area contributed by atoms with Gasteiger partial charge in [-0.1, -0.05) is 18.2 Å². The number of anilines is 1. The molecule has 0 spiro atoms. The fraction of sp³-hybridized carbons (Fsp3) is 0.200. The molecule has 0 saturated carbocycles. The minimum absolute atomic E-state index is 0.0955. The van der Waals surface area contributed by atoms with Gasteiger partial charge in [0.2, 0.25) is 0 Å². The normalized spacial score (nSPS) is 12.0. The third-order valence-electron chi connectivity index (χ3n) is 4.03. The number of aryl methyl sites for hydroxylation is 1. The number of halogens is 2. The van der Waals surface area contributed by atoms with Gasteiger partial charge in [-0.15, -0.1) is 0 Å². The topological polar surface area (TPSA) is 68.5 Å². The molecule has 0 unspecified atom stereocenters. The lowest BCUT2D eigenvalue weighted by molar-refractivity contribution is -0.152. The summed E-state index contributed by atoms with van der Waals surface area (Å²) in [6.07, 6.45) is 0.143. The lowest BCUT2D eigenvalue weighted by Crippen LogP contribution is -2.31. The molecule has 1 amide bonds. The van der Waals surface area contributed by atoms with Crippen molar-refractivity contribution in [2.24, 2.45) is 0 Å². The summed E-state index contributed by atoms with van der Waals surface area (Å²) in [5.41, 5.74) is 1.72. The zero-order valence-corrected chi connectivity index (χ0v) is 14.7. The van der Waals surface area contributed by atoms with Gasteiger partial charge in [-0.2, -0.15) is 0 Å². The van der Waals surface area contributed by atoms with Crippen LogP contribution in [0.3, 0.4) is 0 Å². The van der Waals surface area contributed by atoms with Gasteiger partial charge in [-0.3, -0.25) is 9.59 Å². The lowest BCUT2D eigenvalue weighted by Gasteiger charge is -2.14. The van der Waals surface area contributed by atoms with Crippen LogP contribution in [0, 0.1) is 18.6 Å². The van der Waals surface area contributed by atoms with E-state index in [1.165, 1.54) is 19.3 Å². The summed E-state index contributed by atoms with van der Waals surface area (Å²) in [6.45, 7) is 3.25. The molecule has 7 heteroatoms. The van der Waals surface area contributed by atoms with E-state index in [1.807, 2.05) is 25.1 Å². The third-order valence-corrected chi connectivity index (χ3v) is 4.03. The lowest BCUT2D eigenvalue weighted by atomic mass is 10.1. The number of esters is 1. The van der Waals surface area contributed by atoms with Crippen molar-refractivity contribution in [3.63, 3.8) is 0 Å². The Labute approximate surface area is 153 Å². The predicted octanol–water partition coefficient (Wildman–Crippen LogP) is 4.13. The second-order valence-electron chi connectivity index (χ2n) is 6.16. The van der Waals surface area contributed by atoms with E-state index in [0.29, 0.717) is 11.1 Å². The zero-order chi connectivity index (χ0) is 19.6. The average molecular weight is 373 g/mol. The summed E-state index contributed by atoms with van der Waals surface area (Å²) in [5, 5.41) is 2.87. The monoisotopic (exact) mass is 373 g/mol. The Hall–Kier alpha value is -3.22. The number of para-hydroxylation sites is 1.